The molecule has 4 aromatic rings. The molecule has 0 aliphatic carbocycles. The van der Waals surface area contributed by atoms with Gasteiger partial charge in [-0.3, -0.25) is 9.59 Å². The standard InChI is InChI=1S/C31H32N4O3/c1-4-38-28-17-15-27(16-18-28)35-22(2)19-26(23(35)3)21-32-34-30(36)20-29(24-11-7-5-8-12-24)33-31(37)25-13-9-6-10-14-25/h5-19,21,29H,4,20H2,1-3H3,(H,33,37)(H,34,36)/b32-21-/t29-/m1/s1. The van der Waals surface area contributed by atoms with E-state index in [4.69, 9.17) is 4.74 Å². The van der Waals surface area contributed by atoms with Gasteiger partial charge in [-0.1, -0.05) is 48.5 Å². The average molecular weight is 509 g/mol. The molecule has 0 aliphatic rings. The lowest BCUT2D eigenvalue weighted by Crippen LogP contribution is -2.32. The van der Waals surface area contributed by atoms with Crippen molar-refractivity contribution in [3.8, 4) is 11.4 Å². The van der Waals surface area contributed by atoms with Crippen molar-refractivity contribution in [3.63, 3.8) is 0 Å². The van der Waals surface area contributed by atoms with E-state index in [0.717, 1.165) is 34.0 Å². The normalized spacial score (nSPS) is 11.8. The van der Waals surface area contributed by atoms with Crippen molar-refractivity contribution < 1.29 is 14.3 Å². The van der Waals surface area contributed by atoms with Crippen LogP contribution in [0.4, 0.5) is 0 Å². The summed E-state index contributed by atoms with van der Waals surface area (Å²) in [6.45, 7) is 6.62. The van der Waals surface area contributed by atoms with Crippen LogP contribution in [0.3, 0.4) is 0 Å². The number of carbonyl (C=O) groups excluding carboxylic acids is 2. The topological polar surface area (TPSA) is 84.7 Å². The van der Waals surface area contributed by atoms with Crippen LogP contribution in [-0.2, 0) is 4.79 Å². The van der Waals surface area contributed by atoms with E-state index in [0.29, 0.717) is 12.2 Å². The Kier molecular flexibility index (Phi) is 8.72. The van der Waals surface area contributed by atoms with E-state index in [9.17, 15) is 9.59 Å². The maximum atomic E-state index is 12.8. The number of benzene rings is 3. The highest BCUT2D eigenvalue weighted by atomic mass is 16.5. The number of hydrogen-bond acceptors (Lipinski definition) is 4. The minimum atomic E-state index is -0.496. The molecular weight excluding hydrogens is 476 g/mol. The largest absolute Gasteiger partial charge is 0.494 e. The number of nitrogens with zero attached hydrogens (tertiary/aromatic N) is 2. The van der Waals surface area contributed by atoms with Gasteiger partial charge in [0.25, 0.3) is 5.91 Å². The molecular formula is C31H32N4O3. The molecule has 194 valence electrons. The highest BCUT2D eigenvalue weighted by Crippen LogP contribution is 2.22. The second-order valence-electron chi connectivity index (χ2n) is 8.89. The fourth-order valence-electron chi connectivity index (χ4n) is 4.35. The first-order valence-corrected chi connectivity index (χ1v) is 12.6. The number of nitrogens with one attached hydrogen (secondary N) is 2. The summed E-state index contributed by atoms with van der Waals surface area (Å²) in [5, 5.41) is 7.18. The summed E-state index contributed by atoms with van der Waals surface area (Å²) in [6.07, 6.45) is 1.69. The third kappa shape index (κ3) is 6.56. The summed E-state index contributed by atoms with van der Waals surface area (Å²) in [6, 6.07) is 27.8. The lowest BCUT2D eigenvalue weighted by Gasteiger charge is -2.18. The van der Waals surface area contributed by atoms with E-state index in [1.807, 2.05) is 87.5 Å². The van der Waals surface area contributed by atoms with Crippen LogP contribution >= 0.6 is 0 Å². The number of rotatable bonds is 10. The van der Waals surface area contributed by atoms with E-state index in [1.165, 1.54) is 0 Å². The number of amides is 2. The molecule has 1 atom stereocenters. The van der Waals surface area contributed by atoms with Gasteiger partial charge in [0.1, 0.15) is 5.75 Å². The lowest BCUT2D eigenvalue weighted by molar-refractivity contribution is -0.121. The number of aryl methyl sites for hydroxylation is 1. The van der Waals surface area contributed by atoms with E-state index >= 15 is 0 Å². The van der Waals surface area contributed by atoms with Crippen LogP contribution in [0.5, 0.6) is 5.75 Å². The second-order valence-corrected chi connectivity index (χ2v) is 8.89. The van der Waals surface area contributed by atoms with Gasteiger partial charge in [-0.05, 0) is 68.8 Å². The molecule has 7 heteroatoms. The van der Waals surface area contributed by atoms with Crippen molar-refractivity contribution in [2.75, 3.05) is 6.61 Å². The molecule has 3 aromatic carbocycles. The molecule has 0 saturated heterocycles. The van der Waals surface area contributed by atoms with Crippen molar-refractivity contribution in [2.24, 2.45) is 5.10 Å². The van der Waals surface area contributed by atoms with Crippen molar-refractivity contribution in [2.45, 2.75) is 33.2 Å². The van der Waals surface area contributed by atoms with Crippen LogP contribution in [0.1, 0.15) is 52.3 Å². The Balaban J connectivity index is 1.43. The fraction of sp³-hybridized carbons (Fsp3) is 0.194. The number of ether oxygens (including phenoxy) is 1. The zero-order chi connectivity index (χ0) is 26.9. The monoisotopic (exact) mass is 508 g/mol. The molecule has 0 radical (unpaired) electrons. The van der Waals surface area contributed by atoms with Gasteiger partial charge in [0.15, 0.2) is 0 Å². The van der Waals surface area contributed by atoms with Gasteiger partial charge < -0.3 is 14.6 Å². The third-order valence-electron chi connectivity index (χ3n) is 6.20. The maximum Gasteiger partial charge on any atom is 0.251 e. The van der Waals surface area contributed by atoms with E-state index in [2.05, 4.69) is 20.4 Å². The summed E-state index contributed by atoms with van der Waals surface area (Å²) in [4.78, 5) is 25.6. The Morgan fingerprint density at radius 3 is 2.26 bits per heavy atom. The minimum Gasteiger partial charge on any atom is -0.494 e. The lowest BCUT2D eigenvalue weighted by atomic mass is 10.0. The van der Waals surface area contributed by atoms with Crippen LogP contribution in [0, 0.1) is 13.8 Å². The molecule has 2 amide bonds. The summed E-state index contributed by atoms with van der Waals surface area (Å²) < 4.78 is 7.67. The molecule has 1 aromatic heterocycles. The van der Waals surface area contributed by atoms with Gasteiger partial charge >= 0.3 is 0 Å². The Labute approximate surface area is 223 Å². The first-order chi connectivity index (χ1) is 18.5. The molecule has 0 aliphatic heterocycles. The molecule has 0 bridgehead atoms. The van der Waals surface area contributed by atoms with E-state index in [-0.39, 0.29) is 18.2 Å². The number of hydrazone groups is 1. The maximum absolute atomic E-state index is 12.8. The average Bonchev–Trinajstić information content (AvgIpc) is 3.22. The summed E-state index contributed by atoms with van der Waals surface area (Å²) >= 11 is 0. The predicted octanol–water partition coefficient (Wildman–Crippen LogP) is 5.50. The first-order valence-electron chi connectivity index (χ1n) is 12.6. The molecule has 0 spiro atoms. The molecule has 0 unspecified atom stereocenters. The van der Waals surface area contributed by atoms with Crippen molar-refractivity contribution in [3.05, 3.63) is 119 Å². The molecule has 2 N–H and O–H groups in total. The van der Waals surface area contributed by atoms with Crippen LogP contribution in [0.15, 0.2) is 96.1 Å². The molecule has 1 heterocycles. The Morgan fingerprint density at radius 1 is 0.947 bits per heavy atom. The molecule has 0 fully saturated rings. The van der Waals surface area contributed by atoms with Crippen LogP contribution < -0.4 is 15.5 Å². The number of hydrogen-bond donors (Lipinski definition) is 2. The van der Waals surface area contributed by atoms with Crippen molar-refractivity contribution >= 4 is 18.0 Å². The molecule has 0 saturated carbocycles. The Bertz CT molecular complexity index is 1390. The van der Waals surface area contributed by atoms with Gasteiger partial charge in [0.2, 0.25) is 5.91 Å². The minimum absolute atomic E-state index is 0.0468. The van der Waals surface area contributed by atoms with Crippen molar-refractivity contribution in [1.82, 2.24) is 15.3 Å². The summed E-state index contributed by atoms with van der Waals surface area (Å²) in [5.41, 5.74) is 7.96. The highest BCUT2D eigenvalue weighted by molar-refractivity contribution is 5.94. The molecule has 4 rings (SSSR count). The SMILES string of the molecule is CCOc1ccc(-n2c(C)cc(/C=N\NC(=O)C[C@@H](NC(=O)c3ccccc3)c3ccccc3)c2C)cc1. The zero-order valence-electron chi connectivity index (χ0n) is 21.8. The quantitative estimate of drug-likeness (QED) is 0.219. The van der Waals surface area contributed by atoms with E-state index in [1.54, 1.807) is 30.5 Å². The van der Waals surface area contributed by atoms with Crippen LogP contribution in [-0.4, -0.2) is 29.2 Å². The first kappa shape index (κ1) is 26.4. The summed E-state index contributed by atoms with van der Waals surface area (Å²) in [7, 11) is 0. The summed E-state index contributed by atoms with van der Waals surface area (Å²) in [5.74, 6) is 0.290. The van der Waals surface area contributed by atoms with Gasteiger partial charge in [0.05, 0.1) is 25.3 Å². The van der Waals surface area contributed by atoms with Gasteiger partial charge in [-0.25, -0.2) is 5.43 Å². The number of aromatic nitrogens is 1. The fourth-order valence-corrected chi connectivity index (χ4v) is 4.35. The van der Waals surface area contributed by atoms with Gasteiger partial charge in [0, 0.05) is 28.2 Å². The van der Waals surface area contributed by atoms with E-state index < -0.39 is 6.04 Å². The Hall–Kier alpha value is -4.65. The zero-order valence-corrected chi connectivity index (χ0v) is 21.8. The van der Waals surface area contributed by atoms with Crippen LogP contribution in [0.25, 0.3) is 5.69 Å². The van der Waals surface area contributed by atoms with Crippen molar-refractivity contribution in [1.29, 1.82) is 0 Å². The third-order valence-corrected chi connectivity index (χ3v) is 6.20. The highest BCUT2D eigenvalue weighted by Gasteiger charge is 2.19. The Morgan fingerprint density at radius 2 is 1.61 bits per heavy atom. The molecule has 7 nitrogen and oxygen atoms in total. The smallest absolute Gasteiger partial charge is 0.251 e. The molecule has 38 heavy (non-hydrogen) atoms. The second kappa shape index (κ2) is 12.5. The van der Waals surface area contributed by atoms with Crippen LogP contribution in [0.2, 0.25) is 0 Å². The van der Waals surface area contributed by atoms with Gasteiger partial charge in [-0.15, -0.1) is 0 Å². The number of carbonyl (C=O) groups is 2. The predicted molar refractivity (Wildman–Crippen MR) is 150 cm³/mol. The van der Waals surface area contributed by atoms with Gasteiger partial charge in [-0.2, -0.15) is 5.10 Å².